The molecule has 32 heavy (non-hydrogen) atoms. The molecular weight excluding hydrogens is 434 g/mol. The van der Waals surface area contributed by atoms with Crippen molar-refractivity contribution in [2.45, 2.75) is 26.3 Å². The third-order valence-electron chi connectivity index (χ3n) is 5.31. The molecule has 1 aliphatic rings. The van der Waals surface area contributed by atoms with Gasteiger partial charge in [-0.2, -0.15) is 0 Å². The van der Waals surface area contributed by atoms with Gasteiger partial charge in [0.1, 0.15) is 5.58 Å². The summed E-state index contributed by atoms with van der Waals surface area (Å²) in [5, 5.41) is 21.9. The van der Waals surface area contributed by atoms with Gasteiger partial charge in [0.25, 0.3) is 5.91 Å². The molecule has 1 unspecified atom stereocenters. The normalized spacial score (nSPS) is 16.3. The fourth-order valence-corrected chi connectivity index (χ4v) is 4.11. The number of aliphatic hydroxyl groups excluding tert-OH is 1. The maximum atomic E-state index is 13.5. The average Bonchev–Trinajstić information content (AvgIpc) is 3.29. The van der Waals surface area contributed by atoms with Crippen LogP contribution in [0.3, 0.4) is 0 Å². The predicted molar refractivity (Wildman–Crippen MR) is 119 cm³/mol. The summed E-state index contributed by atoms with van der Waals surface area (Å²) in [7, 11) is 0. The Morgan fingerprint density at radius 2 is 1.94 bits per heavy atom. The largest absolute Gasteiger partial charge is 0.504 e. The lowest BCUT2D eigenvalue weighted by Crippen LogP contribution is -2.31. The number of hydrogen-bond acceptors (Lipinski definition) is 6. The fourth-order valence-electron chi connectivity index (χ4n) is 3.93. The van der Waals surface area contributed by atoms with E-state index in [1.54, 1.807) is 37.3 Å². The summed E-state index contributed by atoms with van der Waals surface area (Å²) in [4.78, 5) is 27.8. The minimum absolute atomic E-state index is 0.0104. The van der Waals surface area contributed by atoms with E-state index in [0.717, 1.165) is 0 Å². The summed E-state index contributed by atoms with van der Waals surface area (Å²) in [6, 6.07) is 10.3. The van der Waals surface area contributed by atoms with Crippen LogP contribution < -0.4 is 4.74 Å². The van der Waals surface area contributed by atoms with Gasteiger partial charge in [0.05, 0.1) is 18.2 Å². The highest BCUT2D eigenvalue weighted by Gasteiger charge is 2.44. The van der Waals surface area contributed by atoms with Crippen LogP contribution in [-0.2, 0) is 4.79 Å². The van der Waals surface area contributed by atoms with Crippen molar-refractivity contribution in [1.82, 2.24) is 4.90 Å². The molecule has 7 nitrogen and oxygen atoms in total. The molecule has 1 amide bonds. The third kappa shape index (κ3) is 3.69. The Morgan fingerprint density at radius 3 is 2.66 bits per heavy atom. The molecule has 166 valence electrons. The average molecular weight is 456 g/mol. The zero-order valence-corrected chi connectivity index (χ0v) is 18.3. The van der Waals surface area contributed by atoms with Crippen LogP contribution in [-0.4, -0.2) is 40.0 Å². The zero-order valence-electron chi connectivity index (χ0n) is 17.6. The summed E-state index contributed by atoms with van der Waals surface area (Å²) in [6.45, 7) is 4.33. The number of phenols is 1. The predicted octanol–water partition coefficient (Wildman–Crippen LogP) is 5.18. The van der Waals surface area contributed by atoms with Crippen molar-refractivity contribution in [1.29, 1.82) is 0 Å². The van der Waals surface area contributed by atoms with E-state index < -0.39 is 23.5 Å². The van der Waals surface area contributed by atoms with Crippen LogP contribution >= 0.6 is 11.6 Å². The van der Waals surface area contributed by atoms with E-state index >= 15 is 0 Å². The molecule has 0 bridgehead atoms. The Balaban J connectivity index is 1.82. The molecule has 2 N–H and O–H groups in total. The SMILES string of the molecule is CCCN1C(=O)C(O)=C(C(=O)c2cc3cc(Cl)ccc3o2)C1c1ccc(O)c(OCC)c1. The molecule has 1 aliphatic heterocycles. The molecule has 0 spiro atoms. The maximum Gasteiger partial charge on any atom is 0.290 e. The number of furan rings is 1. The van der Waals surface area contributed by atoms with Crippen LogP contribution in [0, 0.1) is 0 Å². The number of benzene rings is 2. The van der Waals surface area contributed by atoms with Crippen LogP contribution in [0.4, 0.5) is 0 Å². The van der Waals surface area contributed by atoms with Gasteiger partial charge in [-0.15, -0.1) is 0 Å². The number of phenolic OH excluding ortho intramolecular Hbond substituents is 1. The third-order valence-corrected chi connectivity index (χ3v) is 5.55. The number of halogens is 1. The monoisotopic (exact) mass is 455 g/mol. The van der Waals surface area contributed by atoms with Crippen LogP contribution in [0.2, 0.25) is 5.02 Å². The van der Waals surface area contributed by atoms with Crippen molar-refractivity contribution in [2.24, 2.45) is 0 Å². The molecule has 3 aromatic rings. The molecule has 4 rings (SSSR count). The van der Waals surface area contributed by atoms with Crippen molar-refractivity contribution in [3.05, 3.63) is 70.1 Å². The number of nitrogens with zero attached hydrogens (tertiary/aromatic N) is 1. The van der Waals surface area contributed by atoms with Gasteiger partial charge in [-0.25, -0.2) is 0 Å². The molecule has 2 aromatic carbocycles. The number of hydrogen-bond donors (Lipinski definition) is 2. The summed E-state index contributed by atoms with van der Waals surface area (Å²) >= 11 is 6.03. The topological polar surface area (TPSA) is 100 Å². The Bertz CT molecular complexity index is 1240. The number of aliphatic hydroxyl groups is 1. The molecule has 2 heterocycles. The second-order valence-electron chi connectivity index (χ2n) is 7.45. The lowest BCUT2D eigenvalue weighted by molar-refractivity contribution is -0.129. The molecular formula is C24H22ClNO6. The van der Waals surface area contributed by atoms with Crippen molar-refractivity contribution >= 4 is 34.3 Å². The van der Waals surface area contributed by atoms with Gasteiger partial charge in [-0.3, -0.25) is 9.59 Å². The number of fused-ring (bicyclic) bond motifs is 1. The molecule has 0 saturated carbocycles. The first-order valence-electron chi connectivity index (χ1n) is 10.3. The summed E-state index contributed by atoms with van der Waals surface area (Å²) in [5.74, 6) is -1.69. The Kier molecular flexibility index (Phi) is 5.84. The molecule has 0 radical (unpaired) electrons. The van der Waals surface area contributed by atoms with Gasteiger partial charge < -0.3 is 24.3 Å². The van der Waals surface area contributed by atoms with E-state index in [1.165, 1.54) is 17.0 Å². The summed E-state index contributed by atoms with van der Waals surface area (Å²) in [5.41, 5.74) is 0.911. The highest BCUT2D eigenvalue weighted by atomic mass is 35.5. The summed E-state index contributed by atoms with van der Waals surface area (Å²) in [6.07, 6.45) is 0.622. The van der Waals surface area contributed by atoms with Gasteiger partial charge >= 0.3 is 0 Å². The lowest BCUT2D eigenvalue weighted by atomic mass is 9.94. The minimum atomic E-state index is -0.855. The number of carbonyl (C=O) groups excluding carboxylic acids is 2. The van der Waals surface area contributed by atoms with Crippen molar-refractivity contribution in [3.63, 3.8) is 0 Å². The number of carbonyl (C=O) groups is 2. The van der Waals surface area contributed by atoms with E-state index in [2.05, 4.69) is 0 Å². The van der Waals surface area contributed by atoms with Crippen LogP contribution in [0.25, 0.3) is 11.0 Å². The van der Waals surface area contributed by atoms with E-state index in [1.807, 2.05) is 6.92 Å². The van der Waals surface area contributed by atoms with Crippen LogP contribution in [0.1, 0.15) is 42.4 Å². The van der Waals surface area contributed by atoms with Crippen molar-refractivity contribution in [2.75, 3.05) is 13.2 Å². The van der Waals surface area contributed by atoms with E-state index in [4.69, 9.17) is 20.8 Å². The van der Waals surface area contributed by atoms with Crippen molar-refractivity contribution < 1.29 is 29.0 Å². The van der Waals surface area contributed by atoms with Gasteiger partial charge in [0.2, 0.25) is 5.78 Å². The Hall–Kier alpha value is -3.45. The summed E-state index contributed by atoms with van der Waals surface area (Å²) < 4.78 is 11.2. The number of Topliss-reactive ketones (excluding diaryl/α,β-unsaturated/α-hetero) is 1. The first-order chi connectivity index (χ1) is 15.3. The highest BCUT2D eigenvalue weighted by Crippen LogP contribution is 2.42. The number of aromatic hydroxyl groups is 1. The molecule has 0 aliphatic carbocycles. The smallest absolute Gasteiger partial charge is 0.290 e. The van der Waals surface area contributed by atoms with Gasteiger partial charge in [-0.1, -0.05) is 24.6 Å². The number of rotatable bonds is 7. The molecule has 0 fully saturated rings. The molecule has 8 heteroatoms. The highest BCUT2D eigenvalue weighted by molar-refractivity contribution is 6.31. The Morgan fingerprint density at radius 1 is 1.16 bits per heavy atom. The fraction of sp³-hybridized carbons (Fsp3) is 0.250. The Labute approximate surface area is 189 Å². The molecule has 1 aromatic heterocycles. The minimum Gasteiger partial charge on any atom is -0.504 e. The maximum absolute atomic E-state index is 13.5. The molecule has 1 atom stereocenters. The van der Waals surface area contributed by atoms with Gasteiger partial charge in [0, 0.05) is 17.0 Å². The van der Waals surface area contributed by atoms with Crippen LogP contribution in [0.15, 0.2) is 58.2 Å². The number of ether oxygens (including phenoxy) is 1. The lowest BCUT2D eigenvalue weighted by Gasteiger charge is -2.26. The first-order valence-corrected chi connectivity index (χ1v) is 10.7. The standard InChI is InChI=1S/C24H22ClNO6/c1-3-9-26-21(13-5-7-16(27)18(11-13)31-4-2)20(23(29)24(26)30)22(28)19-12-14-10-15(25)6-8-17(14)32-19/h5-8,10-12,21,27,29H,3-4,9H2,1-2H3. The van der Waals surface area contributed by atoms with Crippen molar-refractivity contribution in [3.8, 4) is 11.5 Å². The van der Waals surface area contributed by atoms with Gasteiger partial charge in [0.15, 0.2) is 23.0 Å². The quantitative estimate of drug-likeness (QED) is 0.476. The van der Waals surface area contributed by atoms with Crippen LogP contribution in [0.5, 0.6) is 11.5 Å². The van der Waals surface area contributed by atoms with E-state index in [9.17, 15) is 19.8 Å². The second kappa shape index (κ2) is 8.59. The van der Waals surface area contributed by atoms with Gasteiger partial charge in [-0.05, 0) is 55.3 Å². The van der Waals surface area contributed by atoms with E-state index in [0.29, 0.717) is 41.1 Å². The number of amides is 1. The first kappa shape index (κ1) is 21.8. The van der Waals surface area contributed by atoms with E-state index in [-0.39, 0.29) is 22.8 Å². The zero-order chi connectivity index (χ0) is 23.0. The number of ketones is 1. The second-order valence-corrected chi connectivity index (χ2v) is 7.88. The molecule has 0 saturated heterocycles.